The van der Waals surface area contributed by atoms with Gasteiger partial charge in [-0.1, -0.05) is 6.07 Å². The number of hydrogen-bond donors (Lipinski definition) is 4. The summed E-state index contributed by atoms with van der Waals surface area (Å²) in [4.78, 5) is 38.9. The molecule has 0 saturated carbocycles. The van der Waals surface area contributed by atoms with E-state index in [2.05, 4.69) is 10.3 Å². The summed E-state index contributed by atoms with van der Waals surface area (Å²) in [7, 11) is 3.00. The quantitative estimate of drug-likeness (QED) is 0.450. The van der Waals surface area contributed by atoms with Crippen molar-refractivity contribution < 1.29 is 29.2 Å². The van der Waals surface area contributed by atoms with E-state index in [0.717, 1.165) is 10.8 Å². The van der Waals surface area contributed by atoms with Gasteiger partial charge in [-0.15, -0.1) is 0 Å². The lowest BCUT2D eigenvalue weighted by molar-refractivity contribution is -0.0459. The molecule has 11 heteroatoms. The van der Waals surface area contributed by atoms with Gasteiger partial charge in [0.05, 0.1) is 26.9 Å². The number of amides is 1. The van der Waals surface area contributed by atoms with E-state index in [9.17, 15) is 24.6 Å². The number of aromatic nitrogens is 2. The van der Waals surface area contributed by atoms with Crippen molar-refractivity contribution in [2.45, 2.75) is 31.4 Å². The van der Waals surface area contributed by atoms with E-state index >= 15 is 0 Å². The minimum absolute atomic E-state index is 0.0316. The molecule has 3 rings (SSSR count). The number of carbonyl (C=O) groups excluding carboxylic acids is 1. The summed E-state index contributed by atoms with van der Waals surface area (Å²) >= 11 is 0. The smallest absolute Gasteiger partial charge is 0.330 e. The third-order valence-electron chi connectivity index (χ3n) is 4.81. The first kappa shape index (κ1) is 21.6. The fourth-order valence-electron chi connectivity index (χ4n) is 3.18. The van der Waals surface area contributed by atoms with Gasteiger partial charge in [0, 0.05) is 19.2 Å². The second-order valence-electron chi connectivity index (χ2n) is 6.70. The molecule has 1 aliphatic heterocycles. The van der Waals surface area contributed by atoms with Gasteiger partial charge in [0.25, 0.3) is 11.5 Å². The summed E-state index contributed by atoms with van der Waals surface area (Å²) in [6.07, 6.45) is -1.62. The average molecular weight is 421 g/mol. The van der Waals surface area contributed by atoms with Crippen LogP contribution in [-0.2, 0) is 11.3 Å². The molecule has 1 saturated heterocycles. The monoisotopic (exact) mass is 421 g/mol. The molecule has 4 N–H and O–H groups in total. The lowest BCUT2D eigenvalue weighted by Gasteiger charge is -2.15. The Morgan fingerprint density at radius 2 is 2.03 bits per heavy atom. The van der Waals surface area contributed by atoms with Crippen LogP contribution in [0.2, 0.25) is 0 Å². The first-order chi connectivity index (χ1) is 14.4. The van der Waals surface area contributed by atoms with Crippen molar-refractivity contribution in [3.63, 3.8) is 0 Å². The second kappa shape index (κ2) is 9.11. The highest BCUT2D eigenvalue weighted by Crippen LogP contribution is 2.28. The van der Waals surface area contributed by atoms with Crippen LogP contribution < -0.4 is 26.0 Å². The number of nitrogens with one attached hydrogen (secondary N) is 2. The zero-order valence-electron chi connectivity index (χ0n) is 16.5. The molecule has 2 heterocycles. The van der Waals surface area contributed by atoms with Crippen molar-refractivity contribution >= 4 is 5.91 Å². The van der Waals surface area contributed by atoms with Gasteiger partial charge in [-0.25, -0.2) is 4.79 Å². The maximum absolute atomic E-state index is 12.5. The Morgan fingerprint density at radius 1 is 1.30 bits per heavy atom. The SMILES string of the molecule is COc1ccc(CNC(=O)c2cn([C@H]3C[C@H](O)[C@@H](CO)O3)c(=O)[nH]c2=O)cc1OC. The van der Waals surface area contributed by atoms with E-state index in [1.165, 1.54) is 14.2 Å². The number of H-pyrrole nitrogens is 1. The molecule has 3 atom stereocenters. The van der Waals surface area contributed by atoms with E-state index in [-0.39, 0.29) is 18.5 Å². The fraction of sp³-hybridized carbons (Fsp3) is 0.421. The lowest BCUT2D eigenvalue weighted by Crippen LogP contribution is -2.38. The largest absolute Gasteiger partial charge is 0.493 e. The van der Waals surface area contributed by atoms with Gasteiger partial charge in [0.15, 0.2) is 11.5 Å². The molecule has 1 aromatic heterocycles. The number of methoxy groups -OCH3 is 2. The molecule has 1 aliphatic rings. The second-order valence-corrected chi connectivity index (χ2v) is 6.70. The van der Waals surface area contributed by atoms with E-state index < -0.39 is 42.2 Å². The summed E-state index contributed by atoms with van der Waals surface area (Å²) in [6.45, 7) is -0.322. The first-order valence-electron chi connectivity index (χ1n) is 9.16. The molecule has 0 bridgehead atoms. The Hall–Kier alpha value is -3.15. The third kappa shape index (κ3) is 4.37. The molecule has 0 aliphatic carbocycles. The van der Waals surface area contributed by atoms with Gasteiger partial charge in [-0.3, -0.25) is 19.1 Å². The molecule has 1 aromatic carbocycles. The summed E-state index contributed by atoms with van der Waals surface area (Å²) < 4.78 is 16.8. The van der Waals surface area contributed by atoms with Gasteiger partial charge in [0.1, 0.15) is 17.9 Å². The van der Waals surface area contributed by atoms with Crippen LogP contribution in [0.25, 0.3) is 0 Å². The van der Waals surface area contributed by atoms with Crippen LogP contribution in [0.4, 0.5) is 0 Å². The number of rotatable bonds is 7. The van der Waals surface area contributed by atoms with Crippen molar-refractivity contribution in [2.75, 3.05) is 20.8 Å². The van der Waals surface area contributed by atoms with Gasteiger partial charge in [-0.05, 0) is 17.7 Å². The minimum Gasteiger partial charge on any atom is -0.493 e. The molecule has 162 valence electrons. The van der Waals surface area contributed by atoms with Crippen LogP contribution in [0, 0.1) is 0 Å². The molecule has 0 radical (unpaired) electrons. The topological polar surface area (TPSA) is 152 Å². The van der Waals surface area contributed by atoms with E-state index in [4.69, 9.17) is 14.2 Å². The molecule has 11 nitrogen and oxygen atoms in total. The number of hydrogen-bond acceptors (Lipinski definition) is 8. The summed E-state index contributed by atoms with van der Waals surface area (Å²) in [6, 6.07) is 5.11. The third-order valence-corrected chi connectivity index (χ3v) is 4.81. The van der Waals surface area contributed by atoms with Gasteiger partial charge in [-0.2, -0.15) is 0 Å². The van der Waals surface area contributed by atoms with Crippen LogP contribution in [0.1, 0.15) is 28.6 Å². The van der Waals surface area contributed by atoms with Gasteiger partial charge < -0.3 is 29.7 Å². The van der Waals surface area contributed by atoms with Crippen LogP contribution in [0.15, 0.2) is 34.0 Å². The molecule has 0 unspecified atom stereocenters. The number of aromatic amines is 1. The minimum atomic E-state index is -0.971. The first-order valence-corrected chi connectivity index (χ1v) is 9.16. The zero-order valence-corrected chi connectivity index (χ0v) is 16.5. The summed E-state index contributed by atoms with van der Waals surface area (Å²) in [5, 5.41) is 21.7. The predicted molar refractivity (Wildman–Crippen MR) is 104 cm³/mol. The lowest BCUT2D eigenvalue weighted by atomic mass is 10.2. The van der Waals surface area contributed by atoms with Crippen molar-refractivity contribution in [1.82, 2.24) is 14.9 Å². The average Bonchev–Trinajstić information content (AvgIpc) is 3.12. The van der Waals surface area contributed by atoms with Crippen LogP contribution in [0.5, 0.6) is 11.5 Å². The van der Waals surface area contributed by atoms with E-state index in [0.29, 0.717) is 17.1 Å². The molecule has 30 heavy (non-hydrogen) atoms. The number of aliphatic hydroxyl groups excluding tert-OH is 2. The highest BCUT2D eigenvalue weighted by molar-refractivity contribution is 5.93. The Kier molecular flexibility index (Phi) is 6.55. The maximum atomic E-state index is 12.5. The van der Waals surface area contributed by atoms with Crippen LogP contribution >= 0.6 is 0 Å². The molecule has 0 spiro atoms. The highest BCUT2D eigenvalue weighted by Gasteiger charge is 2.35. The zero-order chi connectivity index (χ0) is 21.8. The van der Waals surface area contributed by atoms with Crippen LogP contribution in [0.3, 0.4) is 0 Å². The van der Waals surface area contributed by atoms with Crippen molar-refractivity contribution in [2.24, 2.45) is 0 Å². The van der Waals surface area contributed by atoms with Gasteiger partial charge >= 0.3 is 5.69 Å². The molecule has 2 aromatic rings. The number of carbonyl (C=O) groups is 1. The summed E-state index contributed by atoms with van der Waals surface area (Å²) in [5.74, 6) is 0.332. The number of benzene rings is 1. The van der Waals surface area contributed by atoms with E-state index in [1.807, 2.05) is 0 Å². The van der Waals surface area contributed by atoms with Gasteiger partial charge in [0.2, 0.25) is 0 Å². The fourth-order valence-corrected chi connectivity index (χ4v) is 3.18. The Morgan fingerprint density at radius 3 is 2.67 bits per heavy atom. The molecule has 1 fully saturated rings. The Labute approximate surface area is 170 Å². The highest BCUT2D eigenvalue weighted by atomic mass is 16.5. The van der Waals surface area contributed by atoms with Crippen molar-refractivity contribution in [3.05, 3.63) is 56.4 Å². The molecular weight excluding hydrogens is 398 g/mol. The number of aliphatic hydroxyl groups is 2. The van der Waals surface area contributed by atoms with Crippen molar-refractivity contribution in [1.29, 1.82) is 0 Å². The number of ether oxygens (including phenoxy) is 3. The number of nitrogens with zero attached hydrogens (tertiary/aromatic N) is 1. The van der Waals surface area contributed by atoms with Crippen LogP contribution in [-0.4, -0.2) is 58.7 Å². The van der Waals surface area contributed by atoms with E-state index in [1.54, 1.807) is 18.2 Å². The molecule has 1 amide bonds. The molecular formula is C19H23N3O8. The Bertz CT molecular complexity index is 1030. The predicted octanol–water partition coefficient (Wildman–Crippen LogP) is -0.875. The van der Waals surface area contributed by atoms with Crippen molar-refractivity contribution in [3.8, 4) is 11.5 Å². The summed E-state index contributed by atoms with van der Waals surface area (Å²) in [5.41, 5.74) is -1.22. The normalized spacial score (nSPS) is 20.7. The standard InChI is InChI=1S/C19H23N3O8/c1-28-13-4-3-10(5-14(13)29-2)7-20-17(25)11-8-22(19(27)21-18(11)26)16-6-12(24)15(9-23)30-16/h3-5,8,12,15-16,23-24H,6-7,9H2,1-2H3,(H,20,25)(H,21,26,27)/t12-,15+,16+/m0/s1. The Balaban J connectivity index is 1.78. The maximum Gasteiger partial charge on any atom is 0.330 e.